The quantitative estimate of drug-likeness (QED) is 0.214. The fraction of sp³-hybridized carbons (Fsp3) is 0.805. The zero-order valence-corrected chi connectivity index (χ0v) is 31.1. The van der Waals surface area contributed by atoms with Crippen LogP contribution in [0.1, 0.15) is 135 Å². The van der Waals surface area contributed by atoms with Crippen LogP contribution in [0.3, 0.4) is 0 Å². The van der Waals surface area contributed by atoms with Crippen molar-refractivity contribution in [3.05, 3.63) is 35.4 Å². The topological polar surface area (TPSA) is 75.2 Å². The number of likely N-dealkylation sites (tertiary alicyclic amines) is 1. The van der Waals surface area contributed by atoms with Crippen LogP contribution in [-0.2, 0) is 6.42 Å². The number of hydrogen-bond donors (Lipinski definition) is 2. The van der Waals surface area contributed by atoms with Crippen molar-refractivity contribution in [3.8, 4) is 0 Å². The van der Waals surface area contributed by atoms with E-state index in [-0.39, 0.29) is 0 Å². The molecule has 0 radical (unpaired) electrons. The highest BCUT2D eigenvalue weighted by molar-refractivity contribution is 5.80. The van der Waals surface area contributed by atoms with Gasteiger partial charge in [-0.2, -0.15) is 0 Å². The van der Waals surface area contributed by atoms with Crippen molar-refractivity contribution in [2.45, 2.75) is 154 Å². The molecule has 7 heteroatoms. The minimum atomic E-state index is 0.403. The Morgan fingerprint density at radius 3 is 2.17 bits per heavy atom. The predicted octanol–water partition coefficient (Wildman–Crippen LogP) is 7.70. The van der Waals surface area contributed by atoms with Crippen LogP contribution in [0.5, 0.6) is 0 Å². The maximum Gasteiger partial charge on any atom is 0.194 e. The van der Waals surface area contributed by atoms with Gasteiger partial charge in [-0.3, -0.25) is 15.3 Å². The van der Waals surface area contributed by atoms with E-state index in [4.69, 9.17) is 5.73 Å². The van der Waals surface area contributed by atoms with E-state index >= 15 is 0 Å². The molecule has 0 bridgehead atoms. The maximum atomic E-state index is 9.88. The Labute approximate surface area is 293 Å². The summed E-state index contributed by atoms with van der Waals surface area (Å²) in [5.74, 6) is 4.26. The van der Waals surface area contributed by atoms with Gasteiger partial charge in [-0.1, -0.05) is 109 Å². The van der Waals surface area contributed by atoms with Crippen molar-refractivity contribution >= 4 is 11.9 Å². The van der Waals surface area contributed by atoms with Crippen molar-refractivity contribution in [1.29, 1.82) is 5.41 Å². The molecule has 48 heavy (non-hydrogen) atoms. The molecule has 0 amide bonds. The van der Waals surface area contributed by atoms with Crippen LogP contribution >= 0.6 is 0 Å². The SMILES string of the molecule is CC(C)Cc1ccc(C(C)CN2C(=N)N([C@H](CC3CCCCC3)CN3CCCC3CN3C(N)=NC[C@@H]3C)C[C@@H]2CC2CCCCC2)cc1. The molecule has 5 atom stereocenters. The van der Waals surface area contributed by atoms with Crippen molar-refractivity contribution < 1.29 is 0 Å². The first-order valence-electron chi connectivity index (χ1n) is 20.3. The summed E-state index contributed by atoms with van der Waals surface area (Å²) < 4.78 is 0. The zero-order chi connectivity index (χ0) is 33.6. The third-order valence-corrected chi connectivity index (χ3v) is 12.9. The van der Waals surface area contributed by atoms with Gasteiger partial charge in [-0.25, -0.2) is 0 Å². The molecular formula is C41H69N7. The van der Waals surface area contributed by atoms with Gasteiger partial charge < -0.3 is 20.4 Å². The van der Waals surface area contributed by atoms with E-state index in [1.54, 1.807) is 0 Å². The summed E-state index contributed by atoms with van der Waals surface area (Å²) in [5.41, 5.74) is 9.23. The average Bonchev–Trinajstić information content (AvgIpc) is 3.75. The highest BCUT2D eigenvalue weighted by Gasteiger charge is 2.42. The van der Waals surface area contributed by atoms with E-state index < -0.39 is 0 Å². The second-order valence-corrected chi connectivity index (χ2v) is 17.1. The molecule has 0 spiro atoms. The molecule has 1 aromatic carbocycles. The third-order valence-electron chi connectivity index (χ3n) is 12.9. The average molecular weight is 660 g/mol. The minimum Gasteiger partial charge on any atom is -0.370 e. The Kier molecular flexibility index (Phi) is 12.3. The van der Waals surface area contributed by atoms with E-state index in [9.17, 15) is 5.41 Å². The zero-order valence-electron chi connectivity index (χ0n) is 31.1. The lowest BCUT2D eigenvalue weighted by atomic mass is 9.83. The smallest absolute Gasteiger partial charge is 0.194 e. The fourth-order valence-corrected chi connectivity index (χ4v) is 10.0. The van der Waals surface area contributed by atoms with Crippen LogP contribution in [-0.4, -0.2) is 95.0 Å². The summed E-state index contributed by atoms with van der Waals surface area (Å²) >= 11 is 0. The molecule has 0 aromatic heterocycles. The Morgan fingerprint density at radius 1 is 0.833 bits per heavy atom. The number of nitrogens with two attached hydrogens (primary N) is 1. The summed E-state index contributed by atoms with van der Waals surface area (Å²) in [6.45, 7) is 15.3. The van der Waals surface area contributed by atoms with E-state index in [2.05, 4.69) is 76.6 Å². The van der Waals surface area contributed by atoms with Gasteiger partial charge in [0, 0.05) is 50.3 Å². The van der Waals surface area contributed by atoms with Crippen molar-refractivity contribution in [1.82, 2.24) is 19.6 Å². The number of aliphatic imine (C=N–C) groups is 1. The predicted molar refractivity (Wildman–Crippen MR) is 202 cm³/mol. The number of nitrogens with zero attached hydrogens (tertiary/aromatic N) is 5. The molecule has 6 rings (SSSR count). The normalized spacial score (nSPS) is 27.8. The van der Waals surface area contributed by atoms with Gasteiger partial charge in [0.15, 0.2) is 11.9 Å². The van der Waals surface area contributed by atoms with Crippen molar-refractivity contribution in [2.75, 3.05) is 39.3 Å². The van der Waals surface area contributed by atoms with E-state index in [0.29, 0.717) is 36.0 Å². The summed E-state index contributed by atoms with van der Waals surface area (Å²) in [6.07, 6.45) is 20.0. The molecule has 4 fully saturated rings. The van der Waals surface area contributed by atoms with Gasteiger partial charge >= 0.3 is 0 Å². The van der Waals surface area contributed by atoms with Gasteiger partial charge in [0.05, 0.1) is 6.54 Å². The molecule has 2 saturated heterocycles. The van der Waals surface area contributed by atoms with Crippen LogP contribution in [0.15, 0.2) is 29.3 Å². The summed E-state index contributed by atoms with van der Waals surface area (Å²) in [6, 6.07) is 11.2. The fourth-order valence-electron chi connectivity index (χ4n) is 10.0. The van der Waals surface area contributed by atoms with Gasteiger partial charge in [0.25, 0.3) is 0 Å². The molecule has 1 aromatic rings. The van der Waals surface area contributed by atoms with Crippen LogP contribution in [0.25, 0.3) is 0 Å². The lowest BCUT2D eigenvalue weighted by Crippen LogP contribution is -2.52. The molecule has 5 aliphatic rings. The second kappa shape index (κ2) is 16.6. The Hall–Kier alpha value is -2.28. The first-order valence-corrected chi connectivity index (χ1v) is 20.3. The van der Waals surface area contributed by atoms with Gasteiger partial charge in [0.1, 0.15) is 0 Å². The third kappa shape index (κ3) is 8.89. The molecule has 7 nitrogen and oxygen atoms in total. The summed E-state index contributed by atoms with van der Waals surface area (Å²) in [5, 5.41) is 9.88. The lowest BCUT2D eigenvalue weighted by Gasteiger charge is -2.39. The Bertz CT molecular complexity index is 1180. The molecule has 2 unspecified atom stereocenters. The largest absolute Gasteiger partial charge is 0.370 e. The van der Waals surface area contributed by atoms with Crippen molar-refractivity contribution in [3.63, 3.8) is 0 Å². The summed E-state index contributed by atoms with van der Waals surface area (Å²) in [4.78, 5) is 14.9. The van der Waals surface area contributed by atoms with Gasteiger partial charge in [-0.05, 0) is 80.4 Å². The molecule has 268 valence electrons. The number of nitrogens with one attached hydrogen (secondary N) is 1. The Balaban J connectivity index is 1.20. The molecule has 2 saturated carbocycles. The highest BCUT2D eigenvalue weighted by atomic mass is 15.5. The molecule has 3 N–H and O–H groups in total. The van der Waals surface area contributed by atoms with Crippen LogP contribution in [0, 0.1) is 23.2 Å². The first-order chi connectivity index (χ1) is 23.2. The van der Waals surface area contributed by atoms with Gasteiger partial charge in [0.2, 0.25) is 0 Å². The standard InChI is InChI=1S/C41H69N7/c1-30(2)22-35-17-19-36(20-18-35)31(3)26-47-39(24-34-14-9-6-10-15-34)29-48(41(47)43)38(23-33-12-7-5-8-13-33)27-45-21-11-16-37(45)28-46-32(4)25-44-40(46)42/h17-20,30-34,37-39,43H,5-16,21-29H2,1-4H3,(H2,42,44)/t31?,32-,37?,38+,39-/m0/s1. The number of guanidine groups is 2. The van der Waals surface area contributed by atoms with Crippen LogP contribution < -0.4 is 5.73 Å². The number of benzene rings is 1. The minimum absolute atomic E-state index is 0.403. The maximum absolute atomic E-state index is 9.88. The van der Waals surface area contributed by atoms with E-state index in [1.165, 1.54) is 108 Å². The monoisotopic (exact) mass is 660 g/mol. The summed E-state index contributed by atoms with van der Waals surface area (Å²) in [7, 11) is 0. The Morgan fingerprint density at radius 2 is 1.52 bits per heavy atom. The highest BCUT2D eigenvalue weighted by Crippen LogP contribution is 2.36. The molecule has 2 aliphatic carbocycles. The number of hydrogen-bond acceptors (Lipinski definition) is 5. The van der Waals surface area contributed by atoms with Crippen LogP contribution in [0.4, 0.5) is 0 Å². The van der Waals surface area contributed by atoms with Gasteiger partial charge in [-0.15, -0.1) is 0 Å². The van der Waals surface area contributed by atoms with E-state index in [0.717, 1.165) is 62.9 Å². The van der Waals surface area contributed by atoms with Crippen molar-refractivity contribution in [2.24, 2.45) is 28.5 Å². The number of rotatable bonds is 14. The first kappa shape index (κ1) is 35.5. The lowest BCUT2D eigenvalue weighted by molar-refractivity contribution is 0.138. The molecular weight excluding hydrogens is 591 g/mol. The van der Waals surface area contributed by atoms with Crippen LogP contribution in [0.2, 0.25) is 0 Å². The molecule has 3 aliphatic heterocycles. The second-order valence-electron chi connectivity index (χ2n) is 17.1. The molecule has 3 heterocycles. The van der Waals surface area contributed by atoms with E-state index in [1.807, 2.05) is 0 Å².